The molecule has 1 aromatic heterocycles. The van der Waals surface area contributed by atoms with Crippen molar-refractivity contribution >= 4 is 17.5 Å². The van der Waals surface area contributed by atoms with Crippen LogP contribution in [-0.4, -0.2) is 16.8 Å². The molecule has 0 saturated carbocycles. The number of halogens is 3. The number of anilines is 1. The first-order chi connectivity index (χ1) is 13.8. The number of alkyl halides is 3. The van der Waals surface area contributed by atoms with E-state index >= 15 is 0 Å². The predicted octanol–water partition coefficient (Wildman–Crippen LogP) is 4.28. The molecule has 0 aliphatic carbocycles. The largest absolute Gasteiger partial charge is 0.416 e. The maximum absolute atomic E-state index is 12.6. The van der Waals surface area contributed by atoms with Gasteiger partial charge >= 0.3 is 6.18 Å². The Balaban J connectivity index is 1.56. The molecule has 0 radical (unpaired) electrons. The van der Waals surface area contributed by atoms with Crippen LogP contribution < -0.4 is 10.6 Å². The molecule has 2 aromatic carbocycles. The van der Waals surface area contributed by atoms with Crippen molar-refractivity contribution in [1.29, 1.82) is 0 Å². The summed E-state index contributed by atoms with van der Waals surface area (Å²) < 4.78 is 37.8. The monoisotopic (exact) mass is 399 g/mol. The lowest BCUT2D eigenvalue weighted by atomic mass is 10.1. The number of carbonyl (C=O) groups is 2. The van der Waals surface area contributed by atoms with Gasteiger partial charge in [0.05, 0.1) is 11.1 Å². The fourth-order valence-electron chi connectivity index (χ4n) is 2.50. The normalized spacial score (nSPS) is 11.0. The highest BCUT2D eigenvalue weighted by Gasteiger charge is 2.30. The fraction of sp³-hybridized carbons (Fsp3) is 0.0952. The zero-order valence-corrected chi connectivity index (χ0v) is 15.0. The van der Waals surface area contributed by atoms with Gasteiger partial charge in [0.2, 0.25) is 0 Å². The van der Waals surface area contributed by atoms with Crippen molar-refractivity contribution in [1.82, 2.24) is 10.3 Å². The van der Waals surface area contributed by atoms with Gasteiger partial charge in [0.1, 0.15) is 0 Å². The van der Waals surface area contributed by atoms with Gasteiger partial charge in [0.15, 0.2) is 0 Å². The standard InChI is InChI=1S/C21H16F3N3O2/c22-21(23,24)17-7-5-15(6-8-17)20(29)27-18-9-3-14(4-10-18)12-26-19(28)16-2-1-11-25-13-16/h1-11,13H,12H2,(H,26,28)(H,27,29). The number of aromatic nitrogens is 1. The average Bonchev–Trinajstić information content (AvgIpc) is 2.73. The van der Waals surface area contributed by atoms with Gasteiger partial charge in [-0.2, -0.15) is 13.2 Å². The van der Waals surface area contributed by atoms with Crippen molar-refractivity contribution in [3.8, 4) is 0 Å². The molecule has 3 rings (SSSR count). The Hall–Kier alpha value is -3.68. The van der Waals surface area contributed by atoms with Crippen LogP contribution in [0.25, 0.3) is 0 Å². The lowest BCUT2D eigenvalue weighted by Crippen LogP contribution is -2.22. The molecule has 1 heterocycles. The summed E-state index contributed by atoms with van der Waals surface area (Å²) in [5.74, 6) is -0.769. The van der Waals surface area contributed by atoms with E-state index in [0.717, 1.165) is 29.8 Å². The van der Waals surface area contributed by atoms with Gasteiger partial charge in [0.25, 0.3) is 11.8 Å². The van der Waals surface area contributed by atoms with E-state index in [1.54, 1.807) is 42.6 Å². The fourth-order valence-corrected chi connectivity index (χ4v) is 2.50. The Morgan fingerprint density at radius 2 is 1.55 bits per heavy atom. The lowest BCUT2D eigenvalue weighted by molar-refractivity contribution is -0.137. The average molecular weight is 399 g/mol. The van der Waals surface area contributed by atoms with Gasteiger partial charge in [-0.3, -0.25) is 14.6 Å². The number of nitrogens with zero attached hydrogens (tertiary/aromatic N) is 1. The summed E-state index contributed by atoms with van der Waals surface area (Å²) in [6, 6.07) is 14.1. The number of hydrogen-bond donors (Lipinski definition) is 2. The minimum atomic E-state index is -4.45. The minimum absolute atomic E-state index is 0.116. The molecular weight excluding hydrogens is 383 g/mol. The Kier molecular flexibility index (Phi) is 5.92. The van der Waals surface area contributed by atoms with Gasteiger partial charge in [-0.1, -0.05) is 12.1 Å². The van der Waals surface area contributed by atoms with Crippen molar-refractivity contribution < 1.29 is 22.8 Å². The van der Waals surface area contributed by atoms with Crippen molar-refractivity contribution in [2.24, 2.45) is 0 Å². The number of nitrogens with one attached hydrogen (secondary N) is 2. The van der Waals surface area contributed by atoms with Gasteiger partial charge in [-0.15, -0.1) is 0 Å². The second-order valence-electron chi connectivity index (χ2n) is 6.15. The highest BCUT2D eigenvalue weighted by molar-refractivity contribution is 6.04. The summed E-state index contributed by atoms with van der Waals surface area (Å²) in [6.45, 7) is 0.293. The van der Waals surface area contributed by atoms with Crippen molar-refractivity contribution in [3.63, 3.8) is 0 Å². The molecule has 0 aliphatic rings. The molecule has 8 heteroatoms. The highest BCUT2D eigenvalue weighted by Crippen LogP contribution is 2.29. The summed E-state index contributed by atoms with van der Waals surface area (Å²) in [6.07, 6.45) is -1.40. The molecule has 0 fully saturated rings. The summed E-state index contributed by atoms with van der Waals surface area (Å²) in [5.41, 5.74) is 1.05. The quantitative estimate of drug-likeness (QED) is 0.673. The zero-order chi connectivity index (χ0) is 20.9. The first-order valence-corrected chi connectivity index (χ1v) is 8.59. The predicted molar refractivity (Wildman–Crippen MR) is 101 cm³/mol. The van der Waals surface area contributed by atoms with E-state index in [0.29, 0.717) is 17.8 Å². The zero-order valence-electron chi connectivity index (χ0n) is 15.0. The van der Waals surface area contributed by atoms with Crippen LogP contribution in [0.1, 0.15) is 31.8 Å². The number of carbonyl (C=O) groups excluding carboxylic acids is 2. The van der Waals surface area contributed by atoms with Crippen LogP contribution in [0.4, 0.5) is 18.9 Å². The SMILES string of the molecule is O=C(NCc1ccc(NC(=O)c2ccc(C(F)(F)F)cc2)cc1)c1cccnc1. The van der Waals surface area contributed by atoms with Crippen molar-refractivity contribution in [3.05, 3.63) is 95.3 Å². The van der Waals surface area contributed by atoms with Crippen LogP contribution in [-0.2, 0) is 12.7 Å². The molecule has 29 heavy (non-hydrogen) atoms. The van der Waals surface area contributed by atoms with E-state index in [1.165, 1.54) is 6.20 Å². The molecule has 0 aliphatic heterocycles. The molecule has 0 atom stereocenters. The van der Waals surface area contributed by atoms with E-state index in [1.807, 2.05) is 0 Å². The van der Waals surface area contributed by atoms with E-state index in [4.69, 9.17) is 0 Å². The first-order valence-electron chi connectivity index (χ1n) is 8.59. The van der Waals surface area contributed by atoms with E-state index in [-0.39, 0.29) is 11.5 Å². The maximum atomic E-state index is 12.6. The van der Waals surface area contributed by atoms with Crippen LogP contribution in [0.5, 0.6) is 0 Å². The second kappa shape index (κ2) is 8.55. The molecule has 0 spiro atoms. The molecule has 0 unspecified atom stereocenters. The van der Waals surface area contributed by atoms with E-state index in [9.17, 15) is 22.8 Å². The second-order valence-corrected chi connectivity index (χ2v) is 6.15. The molecular formula is C21H16F3N3O2. The Morgan fingerprint density at radius 1 is 0.862 bits per heavy atom. The van der Waals surface area contributed by atoms with E-state index in [2.05, 4.69) is 15.6 Å². The maximum Gasteiger partial charge on any atom is 0.416 e. The van der Waals surface area contributed by atoms with Crippen LogP contribution in [0.3, 0.4) is 0 Å². The van der Waals surface area contributed by atoms with Crippen LogP contribution in [0.2, 0.25) is 0 Å². The minimum Gasteiger partial charge on any atom is -0.348 e. The van der Waals surface area contributed by atoms with Gasteiger partial charge < -0.3 is 10.6 Å². The van der Waals surface area contributed by atoms with Gasteiger partial charge in [-0.25, -0.2) is 0 Å². The Morgan fingerprint density at radius 3 is 2.14 bits per heavy atom. The Labute approximate surface area is 164 Å². The van der Waals surface area contributed by atoms with Crippen molar-refractivity contribution in [2.45, 2.75) is 12.7 Å². The smallest absolute Gasteiger partial charge is 0.348 e. The molecule has 2 N–H and O–H groups in total. The number of pyridine rings is 1. The molecule has 2 amide bonds. The van der Waals surface area contributed by atoms with Crippen molar-refractivity contribution in [2.75, 3.05) is 5.32 Å². The molecule has 0 bridgehead atoms. The van der Waals surface area contributed by atoms with Gasteiger partial charge in [-0.05, 0) is 54.1 Å². The number of rotatable bonds is 5. The third kappa shape index (κ3) is 5.41. The summed E-state index contributed by atoms with van der Waals surface area (Å²) >= 11 is 0. The third-order valence-corrected chi connectivity index (χ3v) is 4.06. The lowest BCUT2D eigenvalue weighted by Gasteiger charge is -2.09. The summed E-state index contributed by atoms with van der Waals surface area (Å²) in [5, 5.41) is 5.38. The topological polar surface area (TPSA) is 71.1 Å². The Bertz CT molecular complexity index is 986. The van der Waals surface area contributed by atoms with E-state index < -0.39 is 17.6 Å². The summed E-state index contributed by atoms with van der Waals surface area (Å²) in [4.78, 5) is 28.1. The third-order valence-electron chi connectivity index (χ3n) is 4.06. The number of benzene rings is 2. The number of amides is 2. The number of hydrogen-bond acceptors (Lipinski definition) is 3. The van der Waals surface area contributed by atoms with Crippen LogP contribution in [0, 0.1) is 0 Å². The molecule has 3 aromatic rings. The molecule has 5 nitrogen and oxygen atoms in total. The molecule has 0 saturated heterocycles. The molecule has 148 valence electrons. The van der Waals surface area contributed by atoms with Crippen LogP contribution >= 0.6 is 0 Å². The van der Waals surface area contributed by atoms with Gasteiger partial charge in [0, 0.05) is 30.2 Å². The van der Waals surface area contributed by atoms with Crippen LogP contribution in [0.15, 0.2) is 73.1 Å². The first kappa shape index (κ1) is 20.1. The summed E-state index contributed by atoms with van der Waals surface area (Å²) in [7, 11) is 0. The highest BCUT2D eigenvalue weighted by atomic mass is 19.4.